The second-order valence-electron chi connectivity index (χ2n) is 5.10. The minimum atomic E-state index is 0.0658. The number of rotatable bonds is 5. The third-order valence-electron chi connectivity index (χ3n) is 3.38. The quantitative estimate of drug-likeness (QED) is 0.723. The minimum Gasteiger partial charge on any atom is -0.359 e. The van der Waals surface area contributed by atoms with Gasteiger partial charge in [-0.3, -0.25) is 4.79 Å². The van der Waals surface area contributed by atoms with E-state index >= 15 is 0 Å². The van der Waals surface area contributed by atoms with Gasteiger partial charge in [-0.15, -0.1) is 0 Å². The fourth-order valence-electron chi connectivity index (χ4n) is 2.16. The molecule has 0 radical (unpaired) electrons. The summed E-state index contributed by atoms with van der Waals surface area (Å²) in [6, 6.07) is 13.7. The summed E-state index contributed by atoms with van der Waals surface area (Å²) in [5.74, 6) is 0.746. The molecule has 3 aromatic rings. The van der Waals surface area contributed by atoms with Crippen molar-refractivity contribution in [2.45, 2.75) is 13.0 Å². The normalized spacial score (nSPS) is 10.6. The van der Waals surface area contributed by atoms with Crippen LogP contribution in [0.25, 0.3) is 11.3 Å². The predicted octanol–water partition coefficient (Wildman–Crippen LogP) is 3.60. The molecule has 2 heterocycles. The molecule has 3 rings (SSSR count). The number of likely N-dealkylation sites (N-methyl/N-ethyl adjacent to an activating group) is 1. The molecule has 0 spiro atoms. The number of carbonyl (C=O) groups is 1. The van der Waals surface area contributed by atoms with E-state index < -0.39 is 0 Å². The van der Waals surface area contributed by atoms with Crippen molar-refractivity contribution in [2.24, 2.45) is 0 Å². The second kappa shape index (κ2) is 6.58. The summed E-state index contributed by atoms with van der Waals surface area (Å²) in [4.78, 5) is 13.8. The Kier molecular flexibility index (Phi) is 4.34. The molecule has 2 aromatic heterocycles. The molecule has 0 unspecified atom stereocenters. The Bertz CT molecular complexity index is 735. The highest BCUT2D eigenvalue weighted by Crippen LogP contribution is 2.19. The molecule has 4 nitrogen and oxygen atoms in total. The van der Waals surface area contributed by atoms with Crippen molar-refractivity contribution in [3.05, 3.63) is 64.5 Å². The van der Waals surface area contributed by atoms with Crippen LogP contribution in [0.5, 0.6) is 0 Å². The first-order valence-corrected chi connectivity index (χ1v) is 7.93. The van der Waals surface area contributed by atoms with Crippen LogP contribution < -0.4 is 0 Å². The van der Waals surface area contributed by atoms with Gasteiger partial charge in [0.1, 0.15) is 5.69 Å². The molecule has 0 saturated carbocycles. The lowest BCUT2D eigenvalue weighted by Gasteiger charge is -2.14. The van der Waals surface area contributed by atoms with Crippen molar-refractivity contribution < 1.29 is 9.32 Å². The van der Waals surface area contributed by atoms with E-state index in [0.29, 0.717) is 18.7 Å². The van der Waals surface area contributed by atoms with E-state index in [1.54, 1.807) is 23.3 Å². The smallest absolute Gasteiger partial charge is 0.227 e. The summed E-state index contributed by atoms with van der Waals surface area (Å²) < 4.78 is 5.33. The van der Waals surface area contributed by atoms with Gasteiger partial charge in [-0.25, -0.2) is 0 Å². The zero-order valence-electron chi connectivity index (χ0n) is 12.2. The summed E-state index contributed by atoms with van der Waals surface area (Å²) >= 11 is 1.60. The molecule has 0 aliphatic carbocycles. The fourth-order valence-corrected chi connectivity index (χ4v) is 2.83. The molecule has 0 aliphatic heterocycles. The number of benzene rings is 1. The first-order valence-electron chi connectivity index (χ1n) is 6.98. The van der Waals surface area contributed by atoms with Crippen LogP contribution in [0.4, 0.5) is 0 Å². The molecule has 1 amide bonds. The number of hydrogen-bond acceptors (Lipinski definition) is 4. The van der Waals surface area contributed by atoms with Gasteiger partial charge in [0.25, 0.3) is 0 Å². The highest BCUT2D eigenvalue weighted by molar-refractivity contribution is 7.07. The lowest BCUT2D eigenvalue weighted by atomic mass is 10.1. The van der Waals surface area contributed by atoms with E-state index in [4.69, 9.17) is 4.52 Å². The second-order valence-corrected chi connectivity index (χ2v) is 5.88. The van der Waals surface area contributed by atoms with Crippen LogP contribution in [-0.4, -0.2) is 23.0 Å². The van der Waals surface area contributed by atoms with Crippen LogP contribution in [0.2, 0.25) is 0 Å². The average molecular weight is 312 g/mol. The van der Waals surface area contributed by atoms with E-state index in [9.17, 15) is 4.79 Å². The molecule has 0 fully saturated rings. The monoisotopic (exact) mass is 312 g/mol. The maximum atomic E-state index is 12.2. The summed E-state index contributed by atoms with van der Waals surface area (Å²) in [6.45, 7) is 0.419. The van der Waals surface area contributed by atoms with E-state index in [-0.39, 0.29) is 5.91 Å². The zero-order valence-corrected chi connectivity index (χ0v) is 13.0. The Morgan fingerprint density at radius 3 is 2.82 bits per heavy atom. The Hall–Kier alpha value is -2.40. The molecule has 0 aliphatic rings. The molecule has 0 saturated heterocycles. The van der Waals surface area contributed by atoms with Crippen LogP contribution >= 0.6 is 11.3 Å². The van der Waals surface area contributed by atoms with Crippen LogP contribution in [0.1, 0.15) is 11.3 Å². The van der Waals surface area contributed by atoms with Gasteiger partial charge < -0.3 is 9.42 Å². The molecule has 5 heteroatoms. The van der Waals surface area contributed by atoms with Crippen molar-refractivity contribution in [3.8, 4) is 11.3 Å². The lowest BCUT2D eigenvalue weighted by molar-refractivity contribution is -0.129. The first-order chi connectivity index (χ1) is 10.7. The number of amides is 1. The van der Waals surface area contributed by atoms with Gasteiger partial charge in [0.05, 0.1) is 13.0 Å². The Balaban J connectivity index is 1.63. The maximum Gasteiger partial charge on any atom is 0.227 e. The maximum absolute atomic E-state index is 12.2. The summed E-state index contributed by atoms with van der Waals surface area (Å²) in [7, 11) is 1.78. The van der Waals surface area contributed by atoms with E-state index in [2.05, 4.69) is 5.16 Å². The lowest BCUT2D eigenvalue weighted by Crippen LogP contribution is -2.27. The van der Waals surface area contributed by atoms with Crippen LogP contribution in [0, 0.1) is 0 Å². The van der Waals surface area contributed by atoms with Crippen molar-refractivity contribution in [1.82, 2.24) is 10.1 Å². The van der Waals surface area contributed by atoms with Gasteiger partial charge in [-0.05, 0) is 22.4 Å². The number of aromatic nitrogens is 1. The molecule has 0 N–H and O–H groups in total. The molecule has 22 heavy (non-hydrogen) atoms. The number of carbonyl (C=O) groups excluding carboxylic acids is 1. The molecular formula is C17H16N2O2S. The number of thiophene rings is 1. The molecule has 1 aromatic carbocycles. The van der Waals surface area contributed by atoms with Crippen LogP contribution in [0.15, 0.2) is 57.7 Å². The van der Waals surface area contributed by atoms with E-state index in [0.717, 1.165) is 16.8 Å². The standard InChI is InChI=1S/C17H16N2O2S/c1-19(17(20)9-13-7-8-22-12-13)11-15-10-16(18-21-15)14-5-3-2-4-6-14/h2-8,10,12H,9,11H2,1H3. The fraction of sp³-hybridized carbons (Fsp3) is 0.176. The topological polar surface area (TPSA) is 46.3 Å². The van der Waals surface area contributed by atoms with E-state index in [1.807, 2.05) is 53.2 Å². The summed E-state index contributed by atoms with van der Waals surface area (Å²) in [5.41, 5.74) is 2.84. The van der Waals surface area contributed by atoms with Crippen LogP contribution in [-0.2, 0) is 17.8 Å². The summed E-state index contributed by atoms with van der Waals surface area (Å²) in [5, 5.41) is 8.03. The van der Waals surface area contributed by atoms with Gasteiger partial charge >= 0.3 is 0 Å². The van der Waals surface area contributed by atoms with Gasteiger partial charge in [0.2, 0.25) is 5.91 Å². The summed E-state index contributed by atoms with van der Waals surface area (Å²) in [6.07, 6.45) is 0.416. The predicted molar refractivity (Wildman–Crippen MR) is 86.4 cm³/mol. The number of nitrogens with zero attached hydrogens (tertiary/aromatic N) is 2. The van der Waals surface area contributed by atoms with Crippen molar-refractivity contribution in [3.63, 3.8) is 0 Å². The Morgan fingerprint density at radius 2 is 2.09 bits per heavy atom. The highest BCUT2D eigenvalue weighted by atomic mass is 32.1. The molecule has 0 bridgehead atoms. The van der Waals surface area contributed by atoms with E-state index in [1.165, 1.54) is 0 Å². The van der Waals surface area contributed by atoms with Crippen molar-refractivity contribution >= 4 is 17.2 Å². The first kappa shape index (κ1) is 14.5. The average Bonchev–Trinajstić information content (AvgIpc) is 3.20. The molecule has 0 atom stereocenters. The largest absolute Gasteiger partial charge is 0.359 e. The van der Waals surface area contributed by atoms with Crippen LogP contribution in [0.3, 0.4) is 0 Å². The van der Waals surface area contributed by atoms with Gasteiger partial charge in [-0.1, -0.05) is 35.5 Å². The van der Waals surface area contributed by atoms with Gasteiger partial charge in [0, 0.05) is 18.7 Å². The Labute approximate surface area is 133 Å². The third kappa shape index (κ3) is 3.43. The minimum absolute atomic E-state index is 0.0658. The van der Waals surface area contributed by atoms with Crippen molar-refractivity contribution in [1.29, 1.82) is 0 Å². The third-order valence-corrected chi connectivity index (χ3v) is 4.11. The molecule has 112 valence electrons. The Morgan fingerprint density at radius 1 is 1.27 bits per heavy atom. The van der Waals surface area contributed by atoms with Gasteiger partial charge in [-0.2, -0.15) is 11.3 Å². The van der Waals surface area contributed by atoms with Gasteiger partial charge in [0.15, 0.2) is 5.76 Å². The SMILES string of the molecule is CN(Cc1cc(-c2ccccc2)no1)C(=O)Cc1ccsc1. The molecular weight excluding hydrogens is 296 g/mol. The number of hydrogen-bond donors (Lipinski definition) is 0. The highest BCUT2D eigenvalue weighted by Gasteiger charge is 2.14. The van der Waals surface area contributed by atoms with Crippen molar-refractivity contribution in [2.75, 3.05) is 7.05 Å². The zero-order chi connectivity index (χ0) is 15.4.